The molecule has 116 valence electrons. The first-order valence-electron chi connectivity index (χ1n) is 6.76. The van der Waals surface area contributed by atoms with Gasteiger partial charge in [-0.05, 0) is 19.4 Å². The molecule has 3 heterocycles. The fraction of sp³-hybridized carbons (Fsp3) is 0.429. The minimum absolute atomic E-state index is 0.371. The predicted molar refractivity (Wildman–Crippen MR) is 81.6 cm³/mol. The zero-order chi connectivity index (χ0) is 16.0. The Morgan fingerprint density at radius 3 is 2.59 bits per heavy atom. The third-order valence-corrected chi connectivity index (χ3v) is 4.95. The molecule has 1 fully saturated rings. The molecule has 7 nitrogen and oxygen atoms in total. The summed E-state index contributed by atoms with van der Waals surface area (Å²) in [4.78, 5) is 34.8. The zero-order valence-corrected chi connectivity index (χ0v) is 13.2. The van der Waals surface area contributed by atoms with Crippen molar-refractivity contribution < 1.29 is 19.4 Å². The summed E-state index contributed by atoms with van der Waals surface area (Å²) in [7, 11) is 1.34. The molecule has 0 amide bonds. The smallest absolute Gasteiger partial charge is 0.348 e. The molecule has 22 heavy (non-hydrogen) atoms. The van der Waals surface area contributed by atoms with Crippen LogP contribution >= 0.6 is 11.3 Å². The molecular weight excluding hydrogens is 306 g/mol. The molecule has 1 N–H and O–H groups in total. The van der Waals surface area contributed by atoms with Crippen molar-refractivity contribution >= 4 is 39.3 Å². The molecule has 0 atom stereocenters. The maximum atomic E-state index is 11.8. The summed E-state index contributed by atoms with van der Waals surface area (Å²) in [6.07, 6.45) is 0. The molecule has 0 spiro atoms. The quantitative estimate of drug-likeness (QED) is 0.859. The molecule has 1 saturated heterocycles. The molecule has 0 saturated carbocycles. The number of ether oxygens (including phenoxy) is 1. The van der Waals surface area contributed by atoms with E-state index in [4.69, 9.17) is 9.84 Å². The largest absolute Gasteiger partial charge is 0.481 e. The third kappa shape index (κ3) is 2.19. The average Bonchev–Trinajstić information content (AvgIpc) is 2.72. The van der Waals surface area contributed by atoms with E-state index < -0.39 is 11.9 Å². The lowest BCUT2D eigenvalue weighted by molar-refractivity contribution is -0.142. The van der Waals surface area contributed by atoms with Crippen LogP contribution in [0.2, 0.25) is 0 Å². The van der Waals surface area contributed by atoms with Crippen LogP contribution in [0.1, 0.15) is 21.1 Å². The number of aromatic nitrogens is 2. The summed E-state index contributed by atoms with van der Waals surface area (Å²) in [6, 6.07) is 0. The van der Waals surface area contributed by atoms with Gasteiger partial charge in [0.1, 0.15) is 21.3 Å². The van der Waals surface area contributed by atoms with Gasteiger partial charge in [-0.15, -0.1) is 11.3 Å². The number of esters is 1. The van der Waals surface area contributed by atoms with Gasteiger partial charge in [-0.25, -0.2) is 14.8 Å². The minimum atomic E-state index is -0.796. The van der Waals surface area contributed by atoms with Crippen LogP contribution in [0.15, 0.2) is 0 Å². The molecule has 0 bridgehead atoms. The summed E-state index contributed by atoms with van der Waals surface area (Å²) >= 11 is 1.28. The van der Waals surface area contributed by atoms with Gasteiger partial charge in [-0.3, -0.25) is 4.79 Å². The van der Waals surface area contributed by atoms with Gasteiger partial charge in [0.2, 0.25) is 0 Å². The van der Waals surface area contributed by atoms with Gasteiger partial charge in [-0.1, -0.05) is 0 Å². The highest BCUT2D eigenvalue weighted by atomic mass is 32.1. The molecule has 0 aliphatic carbocycles. The molecule has 1 aliphatic rings. The third-order valence-electron chi connectivity index (χ3n) is 3.78. The van der Waals surface area contributed by atoms with Crippen LogP contribution in [0, 0.1) is 19.8 Å². The lowest BCUT2D eigenvalue weighted by Crippen LogP contribution is -2.51. The van der Waals surface area contributed by atoms with Gasteiger partial charge in [0.25, 0.3) is 0 Å². The van der Waals surface area contributed by atoms with Crippen molar-refractivity contribution in [3.05, 3.63) is 16.3 Å². The number of carbonyl (C=O) groups excluding carboxylic acids is 1. The van der Waals surface area contributed by atoms with Crippen LogP contribution in [-0.4, -0.2) is 47.2 Å². The number of rotatable bonds is 3. The van der Waals surface area contributed by atoms with E-state index in [1.165, 1.54) is 18.4 Å². The van der Waals surface area contributed by atoms with Gasteiger partial charge >= 0.3 is 11.9 Å². The summed E-state index contributed by atoms with van der Waals surface area (Å²) in [5, 5.41) is 9.82. The second-order valence-electron chi connectivity index (χ2n) is 5.26. The maximum Gasteiger partial charge on any atom is 0.348 e. The van der Waals surface area contributed by atoms with Crippen LogP contribution in [0.5, 0.6) is 0 Å². The Balaban J connectivity index is 2.08. The van der Waals surface area contributed by atoms with Crippen molar-refractivity contribution in [1.29, 1.82) is 0 Å². The van der Waals surface area contributed by atoms with E-state index in [0.717, 1.165) is 15.8 Å². The second-order valence-corrected chi connectivity index (χ2v) is 6.26. The number of fused-ring (bicyclic) bond motifs is 1. The Morgan fingerprint density at radius 1 is 1.32 bits per heavy atom. The van der Waals surface area contributed by atoms with Crippen LogP contribution in [0.4, 0.5) is 5.82 Å². The molecule has 2 aromatic heterocycles. The Hall–Kier alpha value is -2.22. The molecular formula is C14H15N3O4S. The fourth-order valence-corrected chi connectivity index (χ4v) is 3.68. The lowest BCUT2D eigenvalue weighted by atomic mass is 10.00. The Labute approximate surface area is 130 Å². The number of carbonyl (C=O) groups is 2. The van der Waals surface area contributed by atoms with Crippen molar-refractivity contribution in [3.63, 3.8) is 0 Å². The van der Waals surface area contributed by atoms with Crippen molar-refractivity contribution in [2.45, 2.75) is 13.8 Å². The van der Waals surface area contributed by atoms with Gasteiger partial charge in [0.15, 0.2) is 0 Å². The SMILES string of the molecule is COC(=O)c1sc2nc(C)nc(N3CC(C(=O)O)C3)c2c1C. The lowest BCUT2D eigenvalue weighted by Gasteiger charge is -2.38. The van der Waals surface area contributed by atoms with E-state index in [-0.39, 0.29) is 5.92 Å². The number of aryl methyl sites for hydroxylation is 2. The zero-order valence-electron chi connectivity index (χ0n) is 12.4. The first kappa shape index (κ1) is 14.7. The summed E-state index contributed by atoms with van der Waals surface area (Å²) in [5.74, 6) is -0.265. The minimum Gasteiger partial charge on any atom is -0.481 e. The highest BCUT2D eigenvalue weighted by Crippen LogP contribution is 2.37. The highest BCUT2D eigenvalue weighted by Gasteiger charge is 2.35. The normalized spacial score (nSPS) is 15.0. The van der Waals surface area contributed by atoms with Crippen molar-refractivity contribution in [1.82, 2.24) is 9.97 Å². The molecule has 0 radical (unpaired) electrons. The first-order valence-corrected chi connectivity index (χ1v) is 7.57. The number of carboxylic acids is 1. The van der Waals surface area contributed by atoms with Gasteiger partial charge in [0.05, 0.1) is 18.4 Å². The first-order chi connectivity index (χ1) is 10.4. The Bertz CT molecular complexity index is 780. The maximum absolute atomic E-state index is 11.8. The number of anilines is 1. The van der Waals surface area contributed by atoms with Crippen LogP contribution < -0.4 is 4.90 Å². The topological polar surface area (TPSA) is 92.6 Å². The average molecular weight is 321 g/mol. The molecule has 3 rings (SSSR count). The van der Waals surface area contributed by atoms with E-state index in [1.807, 2.05) is 11.8 Å². The van der Waals surface area contributed by atoms with E-state index in [1.54, 1.807) is 6.92 Å². The Morgan fingerprint density at radius 2 is 2.00 bits per heavy atom. The van der Waals surface area contributed by atoms with Crippen LogP contribution in [0.25, 0.3) is 10.2 Å². The highest BCUT2D eigenvalue weighted by molar-refractivity contribution is 7.20. The van der Waals surface area contributed by atoms with Gasteiger partial charge in [-0.2, -0.15) is 0 Å². The number of hydrogen-bond donors (Lipinski definition) is 1. The molecule has 0 aromatic carbocycles. The summed E-state index contributed by atoms with van der Waals surface area (Å²) < 4.78 is 4.80. The van der Waals surface area contributed by atoms with Gasteiger partial charge in [0, 0.05) is 13.1 Å². The molecule has 2 aromatic rings. The van der Waals surface area contributed by atoms with E-state index in [2.05, 4.69) is 9.97 Å². The van der Waals surface area contributed by atoms with E-state index in [9.17, 15) is 9.59 Å². The number of thiophene rings is 1. The Kier molecular flexibility index (Phi) is 3.48. The standard InChI is InChI=1S/C14H15N3O4S/c1-6-9-11(17-4-8(5-17)13(18)19)15-7(2)16-12(9)22-10(6)14(20)21-3/h8H,4-5H2,1-3H3,(H,18,19). The number of nitrogens with zero attached hydrogens (tertiary/aromatic N) is 3. The van der Waals surface area contributed by atoms with Crippen molar-refractivity contribution in [2.24, 2.45) is 5.92 Å². The monoisotopic (exact) mass is 321 g/mol. The number of methoxy groups -OCH3 is 1. The fourth-order valence-electron chi connectivity index (χ4n) is 2.55. The predicted octanol–water partition coefficient (Wildman–Crippen LogP) is 1.62. The number of aliphatic carboxylic acids is 1. The van der Waals surface area contributed by atoms with Crippen LogP contribution in [-0.2, 0) is 9.53 Å². The van der Waals surface area contributed by atoms with E-state index in [0.29, 0.717) is 29.6 Å². The second kappa shape index (κ2) is 5.20. The van der Waals surface area contributed by atoms with Crippen molar-refractivity contribution in [3.8, 4) is 0 Å². The number of carboxylic acid groups (broad SMARTS) is 1. The van der Waals surface area contributed by atoms with Crippen LogP contribution in [0.3, 0.4) is 0 Å². The molecule has 1 aliphatic heterocycles. The van der Waals surface area contributed by atoms with E-state index >= 15 is 0 Å². The molecule has 0 unspecified atom stereocenters. The summed E-state index contributed by atoms with van der Waals surface area (Å²) in [6.45, 7) is 4.46. The van der Waals surface area contributed by atoms with Gasteiger partial charge < -0.3 is 14.7 Å². The summed E-state index contributed by atoms with van der Waals surface area (Å²) in [5.41, 5.74) is 0.778. The molecule has 8 heteroatoms. The number of hydrogen-bond acceptors (Lipinski definition) is 7. The van der Waals surface area contributed by atoms with Crippen molar-refractivity contribution in [2.75, 3.05) is 25.1 Å².